The molecule has 0 saturated heterocycles. The molecule has 2 saturated carbocycles. The van der Waals surface area contributed by atoms with Gasteiger partial charge in [-0.3, -0.25) is 4.79 Å². The van der Waals surface area contributed by atoms with Gasteiger partial charge in [-0.05, 0) is 38.5 Å². The Hall–Kier alpha value is -0.890. The fraction of sp³-hybridized carbons (Fsp3) is 0.667. The van der Waals surface area contributed by atoms with Crippen LogP contribution >= 0.6 is 0 Å². The molecular formula is C15H22O2. The highest BCUT2D eigenvalue weighted by atomic mass is 16.3. The second kappa shape index (κ2) is 4.09. The second-order valence-corrected chi connectivity index (χ2v) is 5.89. The van der Waals surface area contributed by atoms with Gasteiger partial charge in [0.15, 0.2) is 5.78 Å². The van der Waals surface area contributed by atoms with E-state index in [1.807, 2.05) is 6.92 Å². The van der Waals surface area contributed by atoms with E-state index in [4.69, 9.17) is 0 Å². The zero-order valence-corrected chi connectivity index (χ0v) is 10.8. The van der Waals surface area contributed by atoms with Gasteiger partial charge >= 0.3 is 0 Å². The van der Waals surface area contributed by atoms with Gasteiger partial charge in [0.1, 0.15) is 6.10 Å². The first-order valence-electron chi connectivity index (χ1n) is 6.44. The van der Waals surface area contributed by atoms with Gasteiger partial charge in [0.2, 0.25) is 0 Å². The first-order chi connectivity index (χ1) is 7.88. The summed E-state index contributed by atoms with van der Waals surface area (Å²) in [5.41, 5.74) is 2.18. The van der Waals surface area contributed by atoms with Crippen molar-refractivity contribution in [1.82, 2.24) is 0 Å². The van der Waals surface area contributed by atoms with Crippen molar-refractivity contribution in [3.05, 3.63) is 24.3 Å². The maximum atomic E-state index is 11.9. The van der Waals surface area contributed by atoms with Crippen LogP contribution in [0.25, 0.3) is 0 Å². The quantitative estimate of drug-likeness (QED) is 0.708. The Labute approximate surface area is 103 Å². The third-order valence-electron chi connectivity index (χ3n) is 4.95. The summed E-state index contributed by atoms with van der Waals surface area (Å²) in [7, 11) is 0. The molecule has 94 valence electrons. The number of ketones is 1. The minimum atomic E-state index is -0.786. The van der Waals surface area contributed by atoms with Crippen molar-refractivity contribution < 1.29 is 9.90 Å². The predicted molar refractivity (Wildman–Crippen MR) is 68.5 cm³/mol. The summed E-state index contributed by atoms with van der Waals surface area (Å²) in [6, 6.07) is 0. The van der Waals surface area contributed by atoms with E-state index in [2.05, 4.69) is 20.1 Å². The Morgan fingerprint density at radius 3 is 2.59 bits per heavy atom. The van der Waals surface area contributed by atoms with E-state index in [9.17, 15) is 9.90 Å². The molecule has 0 aromatic rings. The molecule has 0 aromatic carbocycles. The van der Waals surface area contributed by atoms with Crippen LogP contribution < -0.4 is 0 Å². The number of Topliss-reactive ketones (excluding diaryl/α,β-unsaturated/α-hetero) is 1. The number of carbonyl (C=O) groups excluding carboxylic acids is 1. The molecule has 1 spiro atoms. The van der Waals surface area contributed by atoms with Crippen molar-refractivity contribution >= 4 is 5.78 Å². The lowest BCUT2D eigenvalue weighted by molar-refractivity contribution is -0.127. The molecule has 0 bridgehead atoms. The number of aliphatic hydroxyl groups excluding tert-OH is 1. The highest BCUT2D eigenvalue weighted by Crippen LogP contribution is 2.56. The molecule has 4 atom stereocenters. The summed E-state index contributed by atoms with van der Waals surface area (Å²) in [6.07, 6.45) is 2.76. The van der Waals surface area contributed by atoms with Crippen LogP contribution in [-0.4, -0.2) is 17.0 Å². The van der Waals surface area contributed by atoms with E-state index in [1.165, 1.54) is 5.57 Å². The number of carbonyl (C=O) groups is 1. The van der Waals surface area contributed by atoms with E-state index in [0.29, 0.717) is 12.3 Å². The Bertz CT molecular complexity index is 382. The smallest absolute Gasteiger partial charge is 0.164 e. The molecule has 17 heavy (non-hydrogen) atoms. The third kappa shape index (κ3) is 1.79. The topological polar surface area (TPSA) is 37.3 Å². The van der Waals surface area contributed by atoms with Gasteiger partial charge in [-0.1, -0.05) is 31.2 Å². The molecule has 2 nitrogen and oxygen atoms in total. The zero-order valence-electron chi connectivity index (χ0n) is 10.8. The molecule has 0 radical (unpaired) electrons. The molecule has 0 heterocycles. The molecule has 2 rings (SSSR count). The van der Waals surface area contributed by atoms with Crippen LogP contribution in [0, 0.1) is 17.3 Å². The van der Waals surface area contributed by atoms with Crippen molar-refractivity contribution in [2.75, 3.05) is 0 Å². The molecule has 2 fully saturated rings. The SMILES string of the molecule is C=C(C)[C@H]1CCC(=C)[C@]2(CC(O)C(=O)[C@@H]2C)C1. The highest BCUT2D eigenvalue weighted by molar-refractivity contribution is 5.88. The van der Waals surface area contributed by atoms with Gasteiger partial charge in [-0.2, -0.15) is 0 Å². The number of allylic oxidation sites excluding steroid dienone is 2. The van der Waals surface area contributed by atoms with E-state index in [-0.39, 0.29) is 17.1 Å². The van der Waals surface area contributed by atoms with Crippen LogP contribution in [0.4, 0.5) is 0 Å². The number of hydrogen-bond donors (Lipinski definition) is 1. The summed E-state index contributed by atoms with van der Waals surface area (Å²) < 4.78 is 0. The molecule has 2 aliphatic rings. The minimum absolute atomic E-state index is 0.00600. The largest absolute Gasteiger partial charge is 0.385 e. The summed E-state index contributed by atoms with van der Waals surface area (Å²) in [5, 5.41) is 9.82. The van der Waals surface area contributed by atoms with Gasteiger partial charge in [0.25, 0.3) is 0 Å². The van der Waals surface area contributed by atoms with Crippen LogP contribution in [-0.2, 0) is 4.79 Å². The van der Waals surface area contributed by atoms with Crippen LogP contribution in [0.15, 0.2) is 24.3 Å². The molecule has 0 amide bonds. The molecule has 0 aromatic heterocycles. The summed E-state index contributed by atoms with van der Waals surface area (Å²) >= 11 is 0. The van der Waals surface area contributed by atoms with E-state index in [0.717, 1.165) is 24.8 Å². The normalized spacial score (nSPS) is 42.2. The lowest BCUT2D eigenvalue weighted by Crippen LogP contribution is -2.34. The van der Waals surface area contributed by atoms with Crippen molar-refractivity contribution in [1.29, 1.82) is 0 Å². The summed E-state index contributed by atoms with van der Waals surface area (Å²) in [4.78, 5) is 11.9. The number of aliphatic hydroxyl groups is 1. The van der Waals surface area contributed by atoms with E-state index < -0.39 is 6.10 Å². The molecule has 2 aliphatic carbocycles. The van der Waals surface area contributed by atoms with Gasteiger partial charge in [0.05, 0.1) is 0 Å². The summed E-state index contributed by atoms with van der Waals surface area (Å²) in [5.74, 6) is 0.377. The maximum Gasteiger partial charge on any atom is 0.164 e. The first kappa shape index (κ1) is 12.6. The lowest BCUT2D eigenvalue weighted by Gasteiger charge is -2.43. The Kier molecular flexibility index (Phi) is 3.03. The summed E-state index contributed by atoms with van der Waals surface area (Å²) in [6.45, 7) is 12.2. The number of rotatable bonds is 1. The molecule has 0 aliphatic heterocycles. The van der Waals surface area contributed by atoms with Crippen molar-refractivity contribution in [2.45, 2.75) is 45.6 Å². The predicted octanol–water partition coefficient (Wildman–Crippen LogP) is 2.88. The Morgan fingerprint density at radius 1 is 1.47 bits per heavy atom. The lowest BCUT2D eigenvalue weighted by atomic mass is 9.61. The van der Waals surface area contributed by atoms with Crippen molar-refractivity contribution in [3.8, 4) is 0 Å². The second-order valence-electron chi connectivity index (χ2n) is 5.89. The monoisotopic (exact) mass is 234 g/mol. The molecule has 1 N–H and O–H groups in total. The van der Waals surface area contributed by atoms with Crippen molar-refractivity contribution in [3.63, 3.8) is 0 Å². The molecule has 2 heteroatoms. The molecular weight excluding hydrogens is 212 g/mol. The minimum Gasteiger partial charge on any atom is -0.385 e. The Balaban J connectivity index is 2.31. The van der Waals surface area contributed by atoms with Crippen LogP contribution in [0.1, 0.15) is 39.5 Å². The standard InChI is InChI=1S/C15H22O2/c1-9(2)12-6-5-10(3)15(7-12)8-13(16)14(17)11(15)4/h11-13,16H,1,3,5-8H2,2,4H3/t11-,12-,13?,15+/m0/s1. The average Bonchev–Trinajstić information content (AvgIpc) is 2.48. The van der Waals surface area contributed by atoms with Crippen LogP contribution in [0.2, 0.25) is 0 Å². The zero-order chi connectivity index (χ0) is 12.8. The van der Waals surface area contributed by atoms with Gasteiger partial charge in [0, 0.05) is 11.3 Å². The van der Waals surface area contributed by atoms with E-state index in [1.54, 1.807) is 0 Å². The van der Waals surface area contributed by atoms with Gasteiger partial charge in [-0.25, -0.2) is 0 Å². The van der Waals surface area contributed by atoms with Crippen LogP contribution in [0.3, 0.4) is 0 Å². The first-order valence-corrected chi connectivity index (χ1v) is 6.44. The molecule has 1 unspecified atom stereocenters. The van der Waals surface area contributed by atoms with Crippen molar-refractivity contribution in [2.24, 2.45) is 17.3 Å². The fourth-order valence-corrected chi connectivity index (χ4v) is 3.60. The average molecular weight is 234 g/mol. The fourth-order valence-electron chi connectivity index (χ4n) is 3.60. The third-order valence-corrected chi connectivity index (χ3v) is 4.95. The van der Waals surface area contributed by atoms with E-state index >= 15 is 0 Å². The van der Waals surface area contributed by atoms with Gasteiger partial charge in [-0.15, -0.1) is 0 Å². The number of hydrogen-bond acceptors (Lipinski definition) is 2. The van der Waals surface area contributed by atoms with Crippen LogP contribution in [0.5, 0.6) is 0 Å². The Morgan fingerprint density at radius 2 is 2.12 bits per heavy atom. The highest BCUT2D eigenvalue weighted by Gasteiger charge is 2.53. The maximum absolute atomic E-state index is 11.9. The van der Waals surface area contributed by atoms with Gasteiger partial charge < -0.3 is 5.11 Å².